The first-order valence-electron chi connectivity index (χ1n) is 5.79. The molecule has 0 fully saturated rings. The van der Waals surface area contributed by atoms with E-state index in [1.165, 1.54) is 0 Å². The van der Waals surface area contributed by atoms with Crippen molar-refractivity contribution in [3.63, 3.8) is 0 Å². The van der Waals surface area contributed by atoms with Crippen LogP contribution in [0.5, 0.6) is 0 Å². The van der Waals surface area contributed by atoms with E-state index in [1.807, 2.05) is 6.92 Å². The molecule has 94 valence electrons. The Morgan fingerprint density at radius 2 is 1.94 bits per heavy atom. The molecular formula is C13H19ClN2O. The molecule has 4 heteroatoms. The predicted molar refractivity (Wildman–Crippen MR) is 72.3 cm³/mol. The summed E-state index contributed by atoms with van der Waals surface area (Å²) in [6.07, 6.45) is 1.76. The van der Waals surface area contributed by atoms with Gasteiger partial charge in [-0.15, -0.1) is 0 Å². The summed E-state index contributed by atoms with van der Waals surface area (Å²) in [5.74, 6) is -0.134. The van der Waals surface area contributed by atoms with Gasteiger partial charge in [0, 0.05) is 21.8 Å². The molecule has 0 aliphatic rings. The molecule has 3 N–H and O–H groups in total. The minimum absolute atomic E-state index is 0.134. The smallest absolute Gasteiger partial charge is 0.251 e. The van der Waals surface area contributed by atoms with E-state index in [0.29, 0.717) is 16.3 Å². The fourth-order valence-electron chi connectivity index (χ4n) is 1.52. The number of carbonyl (C=O) groups is 1. The Morgan fingerprint density at radius 3 is 2.41 bits per heavy atom. The van der Waals surface area contributed by atoms with Crippen LogP contribution in [0.1, 0.15) is 44.0 Å². The van der Waals surface area contributed by atoms with Gasteiger partial charge in [0.15, 0.2) is 0 Å². The van der Waals surface area contributed by atoms with Crippen molar-refractivity contribution < 1.29 is 4.79 Å². The molecule has 1 aromatic rings. The van der Waals surface area contributed by atoms with E-state index in [1.54, 1.807) is 18.2 Å². The molecule has 1 aromatic carbocycles. The molecule has 1 amide bonds. The van der Waals surface area contributed by atoms with Crippen LogP contribution in [0, 0.1) is 0 Å². The van der Waals surface area contributed by atoms with E-state index in [4.69, 9.17) is 17.3 Å². The summed E-state index contributed by atoms with van der Waals surface area (Å²) in [5, 5.41) is 3.49. The van der Waals surface area contributed by atoms with Gasteiger partial charge in [0.25, 0.3) is 5.91 Å². The van der Waals surface area contributed by atoms with Gasteiger partial charge in [0.1, 0.15) is 0 Å². The number of hydrogen-bond donors (Lipinski definition) is 2. The topological polar surface area (TPSA) is 55.1 Å². The average molecular weight is 255 g/mol. The monoisotopic (exact) mass is 254 g/mol. The highest BCUT2D eigenvalue weighted by atomic mass is 35.5. The van der Waals surface area contributed by atoms with Gasteiger partial charge < -0.3 is 11.1 Å². The minimum Gasteiger partial charge on any atom is -0.399 e. The summed E-state index contributed by atoms with van der Waals surface area (Å²) in [6.45, 7) is 6.13. The quantitative estimate of drug-likeness (QED) is 0.811. The van der Waals surface area contributed by atoms with E-state index >= 15 is 0 Å². The molecule has 1 rings (SSSR count). The Kier molecular flexibility index (Phi) is 4.40. The van der Waals surface area contributed by atoms with Gasteiger partial charge in [-0.3, -0.25) is 4.79 Å². The van der Waals surface area contributed by atoms with E-state index in [0.717, 1.165) is 12.8 Å². The number of rotatable bonds is 4. The lowest BCUT2D eigenvalue weighted by Crippen LogP contribution is -2.44. The number of nitrogens with two attached hydrogens (primary N) is 1. The van der Waals surface area contributed by atoms with Crippen molar-refractivity contribution in [1.82, 2.24) is 5.32 Å². The van der Waals surface area contributed by atoms with Crippen LogP contribution in [0.2, 0.25) is 5.02 Å². The SMILES string of the molecule is CCC(C)(CC)NC(=O)c1cc(N)cc(Cl)c1. The highest BCUT2D eigenvalue weighted by molar-refractivity contribution is 6.31. The van der Waals surface area contributed by atoms with Crippen LogP contribution in [0.15, 0.2) is 18.2 Å². The summed E-state index contributed by atoms with van der Waals surface area (Å²) in [6, 6.07) is 4.88. The Morgan fingerprint density at radius 1 is 1.35 bits per heavy atom. The average Bonchev–Trinajstić information content (AvgIpc) is 2.27. The Balaban J connectivity index is 2.90. The molecular weight excluding hydrogens is 236 g/mol. The fourth-order valence-corrected chi connectivity index (χ4v) is 1.76. The number of nitrogen functional groups attached to an aromatic ring is 1. The standard InChI is InChI=1S/C13H19ClN2O/c1-4-13(3,5-2)16-12(17)9-6-10(14)8-11(15)7-9/h6-8H,4-5,15H2,1-3H3,(H,16,17). The molecule has 0 unspecified atom stereocenters. The molecule has 17 heavy (non-hydrogen) atoms. The maximum Gasteiger partial charge on any atom is 0.251 e. The van der Waals surface area contributed by atoms with Crippen molar-refractivity contribution in [2.75, 3.05) is 5.73 Å². The highest BCUT2D eigenvalue weighted by Gasteiger charge is 2.22. The van der Waals surface area contributed by atoms with Crippen LogP contribution in [0.25, 0.3) is 0 Å². The normalized spacial score (nSPS) is 11.3. The van der Waals surface area contributed by atoms with Gasteiger partial charge >= 0.3 is 0 Å². The predicted octanol–water partition coefficient (Wildman–Crippen LogP) is 3.23. The largest absolute Gasteiger partial charge is 0.399 e. The molecule has 0 spiro atoms. The van der Waals surface area contributed by atoms with Crippen LogP contribution < -0.4 is 11.1 Å². The molecule has 3 nitrogen and oxygen atoms in total. The summed E-state index contributed by atoms with van der Waals surface area (Å²) in [7, 11) is 0. The van der Waals surface area contributed by atoms with Crippen LogP contribution in [0.4, 0.5) is 5.69 Å². The molecule has 0 bridgehead atoms. The van der Waals surface area contributed by atoms with Gasteiger partial charge in [0.2, 0.25) is 0 Å². The molecule has 0 radical (unpaired) electrons. The second-order valence-electron chi connectivity index (χ2n) is 4.50. The van der Waals surface area contributed by atoms with E-state index in [-0.39, 0.29) is 11.4 Å². The first-order chi connectivity index (χ1) is 7.90. The zero-order chi connectivity index (χ0) is 13.1. The van der Waals surface area contributed by atoms with Gasteiger partial charge in [-0.1, -0.05) is 25.4 Å². The number of amides is 1. The van der Waals surface area contributed by atoms with Crippen molar-refractivity contribution in [2.24, 2.45) is 0 Å². The minimum atomic E-state index is -0.186. The van der Waals surface area contributed by atoms with Crippen molar-refractivity contribution in [1.29, 1.82) is 0 Å². The first-order valence-corrected chi connectivity index (χ1v) is 6.16. The third kappa shape index (κ3) is 3.63. The maximum atomic E-state index is 12.1. The maximum absolute atomic E-state index is 12.1. The number of hydrogen-bond acceptors (Lipinski definition) is 2. The second kappa shape index (κ2) is 5.41. The van der Waals surface area contributed by atoms with Gasteiger partial charge in [-0.2, -0.15) is 0 Å². The third-order valence-corrected chi connectivity index (χ3v) is 3.38. The lowest BCUT2D eigenvalue weighted by atomic mass is 9.95. The lowest BCUT2D eigenvalue weighted by Gasteiger charge is -2.28. The molecule has 0 atom stereocenters. The van der Waals surface area contributed by atoms with E-state index < -0.39 is 0 Å². The van der Waals surface area contributed by atoms with Crippen LogP contribution >= 0.6 is 11.6 Å². The first kappa shape index (κ1) is 13.8. The fraction of sp³-hybridized carbons (Fsp3) is 0.462. The van der Waals surface area contributed by atoms with Gasteiger partial charge in [0.05, 0.1) is 0 Å². The summed E-state index contributed by atoms with van der Waals surface area (Å²) in [4.78, 5) is 12.1. The zero-order valence-electron chi connectivity index (χ0n) is 10.5. The van der Waals surface area contributed by atoms with E-state index in [9.17, 15) is 4.79 Å². The Hall–Kier alpha value is -1.22. The highest BCUT2D eigenvalue weighted by Crippen LogP contribution is 2.19. The van der Waals surface area contributed by atoms with Gasteiger partial charge in [-0.25, -0.2) is 0 Å². The molecule has 0 heterocycles. The van der Waals surface area contributed by atoms with Crippen molar-refractivity contribution >= 4 is 23.2 Å². The summed E-state index contributed by atoms with van der Waals surface area (Å²) in [5.41, 5.74) is 6.48. The number of anilines is 1. The van der Waals surface area contributed by atoms with Crippen LogP contribution in [0.3, 0.4) is 0 Å². The lowest BCUT2D eigenvalue weighted by molar-refractivity contribution is 0.0901. The summed E-state index contributed by atoms with van der Waals surface area (Å²) >= 11 is 5.87. The Bertz CT molecular complexity index is 394. The third-order valence-electron chi connectivity index (χ3n) is 3.16. The second-order valence-corrected chi connectivity index (χ2v) is 4.93. The number of nitrogens with one attached hydrogen (secondary N) is 1. The molecule has 0 saturated heterocycles. The van der Waals surface area contributed by atoms with Crippen molar-refractivity contribution in [3.8, 4) is 0 Å². The molecule has 0 aliphatic carbocycles. The van der Waals surface area contributed by atoms with Gasteiger partial charge in [-0.05, 0) is 38.0 Å². The molecule has 0 aliphatic heterocycles. The molecule has 0 saturated carbocycles. The van der Waals surface area contributed by atoms with Crippen LogP contribution in [-0.2, 0) is 0 Å². The van der Waals surface area contributed by atoms with Crippen molar-refractivity contribution in [2.45, 2.75) is 39.2 Å². The Labute approximate surface area is 107 Å². The number of carbonyl (C=O) groups excluding carboxylic acids is 1. The van der Waals surface area contributed by atoms with E-state index in [2.05, 4.69) is 19.2 Å². The zero-order valence-corrected chi connectivity index (χ0v) is 11.3. The van der Waals surface area contributed by atoms with Crippen molar-refractivity contribution in [3.05, 3.63) is 28.8 Å². The molecule has 0 aromatic heterocycles. The number of benzene rings is 1. The number of halogens is 1. The van der Waals surface area contributed by atoms with Crippen LogP contribution in [-0.4, -0.2) is 11.4 Å². The summed E-state index contributed by atoms with van der Waals surface area (Å²) < 4.78 is 0.